The zero-order valence-corrected chi connectivity index (χ0v) is 17.3. The second kappa shape index (κ2) is 8.31. The maximum atomic E-state index is 12.9. The van der Waals surface area contributed by atoms with Crippen molar-refractivity contribution < 1.29 is 22.7 Å². The molecule has 0 saturated carbocycles. The molecular formula is C18H19Cl2F3N4O2. The van der Waals surface area contributed by atoms with Gasteiger partial charge in [0, 0.05) is 37.3 Å². The van der Waals surface area contributed by atoms with Gasteiger partial charge in [0.05, 0.1) is 23.5 Å². The Hall–Kier alpha value is -2.13. The minimum Gasteiger partial charge on any atom is -0.495 e. The van der Waals surface area contributed by atoms with E-state index in [0.29, 0.717) is 37.0 Å². The number of ether oxygens (including phenoxy) is 1. The van der Waals surface area contributed by atoms with Gasteiger partial charge in [0.25, 0.3) is 0 Å². The first kappa shape index (κ1) is 21.6. The number of alkyl halides is 3. The SMILES string of the molecule is COc1cc(Cl)ccc1N1CCN(C(=O)Cn2nc(C(F)(F)F)c(Cl)c2C)CC1. The third kappa shape index (κ3) is 4.56. The van der Waals surface area contributed by atoms with Crippen LogP contribution >= 0.6 is 23.2 Å². The fourth-order valence-corrected chi connectivity index (χ4v) is 3.60. The summed E-state index contributed by atoms with van der Waals surface area (Å²) in [6.45, 7) is 3.05. The Morgan fingerprint density at radius 3 is 2.41 bits per heavy atom. The van der Waals surface area contributed by atoms with Crippen LogP contribution in [0.1, 0.15) is 11.4 Å². The highest BCUT2D eigenvalue weighted by atomic mass is 35.5. The van der Waals surface area contributed by atoms with Gasteiger partial charge in [-0.2, -0.15) is 18.3 Å². The van der Waals surface area contributed by atoms with Crippen molar-refractivity contribution in [2.24, 2.45) is 0 Å². The lowest BCUT2D eigenvalue weighted by Gasteiger charge is -2.36. The van der Waals surface area contributed by atoms with E-state index in [9.17, 15) is 18.0 Å². The van der Waals surface area contributed by atoms with Gasteiger partial charge in [-0.3, -0.25) is 9.48 Å². The minimum atomic E-state index is -4.67. The summed E-state index contributed by atoms with van der Waals surface area (Å²) in [6.07, 6.45) is -4.67. The zero-order chi connectivity index (χ0) is 21.3. The Balaban J connectivity index is 1.66. The number of hydrogen-bond acceptors (Lipinski definition) is 4. The fraction of sp³-hybridized carbons (Fsp3) is 0.444. The summed E-state index contributed by atoms with van der Waals surface area (Å²) in [4.78, 5) is 16.2. The Kier molecular flexibility index (Phi) is 6.19. The molecule has 1 amide bonds. The van der Waals surface area contributed by atoms with Gasteiger partial charge in [-0.05, 0) is 19.1 Å². The van der Waals surface area contributed by atoms with Crippen LogP contribution in [0.25, 0.3) is 0 Å². The lowest BCUT2D eigenvalue weighted by atomic mass is 10.2. The number of piperazine rings is 1. The number of methoxy groups -OCH3 is 1. The molecule has 2 heterocycles. The molecule has 1 saturated heterocycles. The van der Waals surface area contributed by atoms with Gasteiger partial charge in [0.15, 0.2) is 5.69 Å². The Labute approximate surface area is 175 Å². The van der Waals surface area contributed by atoms with E-state index in [-0.39, 0.29) is 18.1 Å². The average molecular weight is 451 g/mol. The predicted molar refractivity (Wildman–Crippen MR) is 104 cm³/mol. The van der Waals surface area contributed by atoms with Crippen molar-refractivity contribution in [1.29, 1.82) is 0 Å². The molecule has 0 aliphatic carbocycles. The smallest absolute Gasteiger partial charge is 0.436 e. The molecular weight excluding hydrogens is 432 g/mol. The molecule has 6 nitrogen and oxygen atoms in total. The molecule has 2 aromatic rings. The van der Waals surface area contributed by atoms with Crippen LogP contribution in [0.15, 0.2) is 18.2 Å². The molecule has 1 aliphatic heterocycles. The highest BCUT2D eigenvalue weighted by molar-refractivity contribution is 6.32. The van der Waals surface area contributed by atoms with E-state index < -0.39 is 16.9 Å². The normalized spacial score (nSPS) is 15.0. The van der Waals surface area contributed by atoms with Crippen LogP contribution in [0, 0.1) is 6.92 Å². The molecule has 1 aliphatic rings. The lowest BCUT2D eigenvalue weighted by molar-refractivity contribution is -0.142. The lowest BCUT2D eigenvalue weighted by Crippen LogP contribution is -2.49. The highest BCUT2D eigenvalue weighted by Crippen LogP contribution is 2.35. The summed E-state index contributed by atoms with van der Waals surface area (Å²) in [5, 5.41) is 3.56. The van der Waals surface area contributed by atoms with Gasteiger partial charge < -0.3 is 14.5 Å². The molecule has 1 fully saturated rings. The first-order valence-corrected chi connectivity index (χ1v) is 9.53. The Bertz CT molecular complexity index is 909. The van der Waals surface area contributed by atoms with Crippen molar-refractivity contribution in [3.63, 3.8) is 0 Å². The zero-order valence-electron chi connectivity index (χ0n) is 15.8. The van der Waals surface area contributed by atoms with Gasteiger partial charge in [-0.1, -0.05) is 23.2 Å². The molecule has 0 bridgehead atoms. The number of benzene rings is 1. The monoisotopic (exact) mass is 450 g/mol. The van der Waals surface area contributed by atoms with Crippen molar-refractivity contribution in [3.8, 4) is 5.75 Å². The number of nitrogens with zero attached hydrogens (tertiary/aromatic N) is 4. The topological polar surface area (TPSA) is 50.6 Å². The molecule has 3 rings (SSSR count). The van der Waals surface area contributed by atoms with E-state index in [1.807, 2.05) is 6.07 Å². The second-order valence-corrected chi connectivity index (χ2v) is 7.40. The van der Waals surface area contributed by atoms with Crippen LogP contribution < -0.4 is 9.64 Å². The molecule has 0 unspecified atom stereocenters. The summed E-state index contributed by atoms with van der Waals surface area (Å²) in [7, 11) is 1.56. The summed E-state index contributed by atoms with van der Waals surface area (Å²) >= 11 is 11.7. The minimum absolute atomic E-state index is 0.108. The predicted octanol–water partition coefficient (Wildman–Crippen LogP) is 3.87. The van der Waals surface area contributed by atoms with Crippen LogP contribution in [-0.2, 0) is 17.5 Å². The summed E-state index contributed by atoms with van der Waals surface area (Å²) in [6, 6.07) is 5.34. The number of carbonyl (C=O) groups is 1. The standard InChI is InChI=1S/C18H19Cl2F3N4O2/c1-11-16(20)17(18(21,22)23)24-27(11)10-15(28)26-7-5-25(6-8-26)13-4-3-12(19)9-14(13)29-2/h3-4,9H,5-8,10H2,1-2H3. The second-order valence-electron chi connectivity index (χ2n) is 6.59. The van der Waals surface area contributed by atoms with Crippen molar-refractivity contribution in [2.75, 3.05) is 38.2 Å². The number of rotatable bonds is 4. The first-order chi connectivity index (χ1) is 13.6. The number of aromatic nitrogens is 2. The number of anilines is 1. The molecule has 0 spiro atoms. The van der Waals surface area contributed by atoms with E-state index in [0.717, 1.165) is 10.4 Å². The number of amides is 1. The average Bonchev–Trinajstić information content (AvgIpc) is 2.96. The number of halogens is 5. The number of hydrogen-bond donors (Lipinski definition) is 0. The molecule has 158 valence electrons. The van der Waals surface area contributed by atoms with Crippen molar-refractivity contribution in [3.05, 3.63) is 39.6 Å². The summed E-state index contributed by atoms with van der Waals surface area (Å²) in [5.74, 6) is 0.322. The van der Waals surface area contributed by atoms with Crippen molar-refractivity contribution in [1.82, 2.24) is 14.7 Å². The third-order valence-corrected chi connectivity index (χ3v) is 5.49. The maximum absolute atomic E-state index is 12.9. The van der Waals surface area contributed by atoms with Crippen LogP contribution in [0.5, 0.6) is 5.75 Å². The van der Waals surface area contributed by atoms with Gasteiger partial charge in [0.2, 0.25) is 5.91 Å². The summed E-state index contributed by atoms with van der Waals surface area (Å²) < 4.78 is 45.2. The van der Waals surface area contributed by atoms with E-state index in [2.05, 4.69) is 10.00 Å². The van der Waals surface area contributed by atoms with Gasteiger partial charge in [-0.25, -0.2) is 0 Å². The molecule has 0 radical (unpaired) electrons. The third-order valence-electron chi connectivity index (χ3n) is 4.80. The fourth-order valence-electron chi connectivity index (χ4n) is 3.20. The van der Waals surface area contributed by atoms with Crippen molar-refractivity contribution >= 4 is 34.8 Å². The first-order valence-electron chi connectivity index (χ1n) is 8.78. The molecule has 29 heavy (non-hydrogen) atoms. The molecule has 1 aromatic heterocycles. The van der Waals surface area contributed by atoms with E-state index in [1.165, 1.54) is 6.92 Å². The van der Waals surface area contributed by atoms with E-state index >= 15 is 0 Å². The van der Waals surface area contributed by atoms with E-state index in [4.69, 9.17) is 27.9 Å². The van der Waals surface area contributed by atoms with Gasteiger partial charge in [0.1, 0.15) is 12.3 Å². The van der Waals surface area contributed by atoms with Crippen LogP contribution in [-0.4, -0.2) is 53.9 Å². The van der Waals surface area contributed by atoms with Crippen molar-refractivity contribution in [2.45, 2.75) is 19.6 Å². The largest absolute Gasteiger partial charge is 0.495 e. The van der Waals surface area contributed by atoms with Gasteiger partial charge in [-0.15, -0.1) is 0 Å². The Morgan fingerprint density at radius 2 is 1.86 bits per heavy atom. The quantitative estimate of drug-likeness (QED) is 0.709. The molecule has 0 atom stereocenters. The van der Waals surface area contributed by atoms with E-state index in [1.54, 1.807) is 24.1 Å². The van der Waals surface area contributed by atoms with Crippen LogP contribution in [0.2, 0.25) is 10.0 Å². The molecule has 0 N–H and O–H groups in total. The highest BCUT2D eigenvalue weighted by Gasteiger charge is 2.38. The number of carbonyl (C=O) groups excluding carboxylic acids is 1. The summed E-state index contributed by atoms with van der Waals surface area (Å²) in [5.41, 5.74) is -0.200. The Morgan fingerprint density at radius 1 is 1.21 bits per heavy atom. The van der Waals surface area contributed by atoms with Crippen LogP contribution in [0.4, 0.5) is 18.9 Å². The maximum Gasteiger partial charge on any atom is 0.436 e. The molecule has 1 aromatic carbocycles. The van der Waals surface area contributed by atoms with Crippen LogP contribution in [0.3, 0.4) is 0 Å². The molecule has 11 heteroatoms. The van der Waals surface area contributed by atoms with Gasteiger partial charge >= 0.3 is 6.18 Å².